The van der Waals surface area contributed by atoms with Crippen LogP contribution >= 0.6 is 0 Å². The zero-order valence-electron chi connectivity index (χ0n) is 28.6. The van der Waals surface area contributed by atoms with Gasteiger partial charge in [0.25, 0.3) is 0 Å². The number of amides is 2. The fourth-order valence-electron chi connectivity index (χ4n) is 6.08. The Morgan fingerprint density at radius 1 is 0.735 bits per heavy atom. The summed E-state index contributed by atoms with van der Waals surface area (Å²) >= 11 is 0. The van der Waals surface area contributed by atoms with E-state index in [9.17, 15) is 9.59 Å². The molecule has 2 aliphatic rings. The minimum absolute atomic E-state index is 0.108. The van der Waals surface area contributed by atoms with Crippen molar-refractivity contribution < 1.29 is 19.1 Å². The molecular weight excluding hydrogens is 620 g/mol. The van der Waals surface area contributed by atoms with Crippen LogP contribution in [0.15, 0.2) is 72.9 Å². The standard InChI is InChI=1S/C37H44N8O4/c1-26-24-38-37(40-32-12-10-30(22-34(32)48-4)44-18-14-42(15-19-44)27(2)46)41-36(26)39-33-13-11-31(45-20-16-43(17-21-45)28(3)47)23-35(33)49-25-29-8-6-5-7-9-29/h5-13,22-24H,14-21,25H2,1-4H3,(H2,38,39,40,41). The molecule has 3 heterocycles. The first-order valence-electron chi connectivity index (χ1n) is 16.6. The van der Waals surface area contributed by atoms with Gasteiger partial charge in [0.2, 0.25) is 17.8 Å². The number of hydrogen-bond donors (Lipinski definition) is 2. The van der Waals surface area contributed by atoms with Crippen molar-refractivity contribution in [2.24, 2.45) is 0 Å². The molecule has 1 aromatic heterocycles. The van der Waals surface area contributed by atoms with Gasteiger partial charge in [-0.2, -0.15) is 4.98 Å². The van der Waals surface area contributed by atoms with Crippen molar-refractivity contribution >= 4 is 46.3 Å². The largest absolute Gasteiger partial charge is 0.494 e. The Labute approximate surface area is 287 Å². The van der Waals surface area contributed by atoms with Gasteiger partial charge in [0.05, 0.1) is 18.5 Å². The molecule has 0 spiro atoms. The molecule has 0 aliphatic carbocycles. The Morgan fingerprint density at radius 3 is 1.84 bits per heavy atom. The van der Waals surface area contributed by atoms with Gasteiger partial charge in [0, 0.05) is 101 Å². The lowest BCUT2D eigenvalue weighted by Gasteiger charge is -2.36. The number of carbonyl (C=O) groups is 2. The maximum absolute atomic E-state index is 11.9. The maximum Gasteiger partial charge on any atom is 0.229 e. The van der Waals surface area contributed by atoms with E-state index in [1.165, 1.54) is 0 Å². The number of nitrogens with zero attached hydrogens (tertiary/aromatic N) is 6. The molecule has 256 valence electrons. The highest BCUT2D eigenvalue weighted by molar-refractivity contribution is 5.75. The molecule has 2 aliphatic heterocycles. The molecule has 2 saturated heterocycles. The summed E-state index contributed by atoms with van der Waals surface area (Å²) in [6.07, 6.45) is 1.78. The zero-order valence-corrected chi connectivity index (χ0v) is 28.6. The van der Waals surface area contributed by atoms with Crippen LogP contribution in [0.4, 0.5) is 34.5 Å². The van der Waals surface area contributed by atoms with Crippen LogP contribution in [0, 0.1) is 6.92 Å². The van der Waals surface area contributed by atoms with E-state index in [0.717, 1.165) is 60.1 Å². The molecule has 0 unspecified atom stereocenters. The molecule has 6 rings (SSSR count). The number of carbonyl (C=O) groups excluding carboxylic acids is 2. The lowest BCUT2D eigenvalue weighted by Crippen LogP contribution is -2.48. The Balaban J connectivity index is 1.20. The van der Waals surface area contributed by atoms with E-state index < -0.39 is 0 Å². The molecule has 0 atom stereocenters. The van der Waals surface area contributed by atoms with Gasteiger partial charge >= 0.3 is 0 Å². The summed E-state index contributed by atoms with van der Waals surface area (Å²) in [6.45, 7) is 11.4. The van der Waals surface area contributed by atoms with Crippen LogP contribution in [0.5, 0.6) is 11.5 Å². The smallest absolute Gasteiger partial charge is 0.229 e. The molecule has 3 aromatic carbocycles. The SMILES string of the molecule is COc1cc(N2CCN(C(C)=O)CC2)ccc1Nc1ncc(C)c(Nc2ccc(N3CCN(C(C)=O)CC3)cc2OCc2ccccc2)n1. The van der Waals surface area contributed by atoms with Crippen LogP contribution in [-0.4, -0.2) is 91.0 Å². The number of anilines is 6. The number of nitrogens with one attached hydrogen (secondary N) is 2. The zero-order chi connectivity index (χ0) is 34.3. The first-order chi connectivity index (χ1) is 23.8. The van der Waals surface area contributed by atoms with Crippen LogP contribution in [-0.2, 0) is 16.2 Å². The minimum Gasteiger partial charge on any atom is -0.494 e. The van der Waals surface area contributed by atoms with Crippen molar-refractivity contribution in [3.63, 3.8) is 0 Å². The predicted octanol–water partition coefficient (Wildman–Crippen LogP) is 5.20. The predicted molar refractivity (Wildman–Crippen MR) is 192 cm³/mol. The second kappa shape index (κ2) is 15.1. The van der Waals surface area contributed by atoms with Crippen molar-refractivity contribution in [1.82, 2.24) is 19.8 Å². The summed E-state index contributed by atoms with van der Waals surface area (Å²) < 4.78 is 12.2. The first-order valence-corrected chi connectivity index (χ1v) is 16.6. The Hall–Kier alpha value is -5.52. The van der Waals surface area contributed by atoms with Gasteiger partial charge in [0.1, 0.15) is 23.9 Å². The fraction of sp³-hybridized carbons (Fsp3) is 0.351. The van der Waals surface area contributed by atoms with E-state index in [1.54, 1.807) is 27.2 Å². The fourth-order valence-corrected chi connectivity index (χ4v) is 6.08. The first kappa shape index (κ1) is 33.4. The van der Waals surface area contributed by atoms with E-state index in [2.05, 4.69) is 37.6 Å². The highest BCUT2D eigenvalue weighted by Gasteiger charge is 2.22. The highest BCUT2D eigenvalue weighted by atomic mass is 16.5. The lowest BCUT2D eigenvalue weighted by molar-refractivity contribution is -0.129. The Bertz CT molecular complexity index is 1770. The second-order valence-electron chi connectivity index (χ2n) is 12.3. The average Bonchev–Trinajstić information content (AvgIpc) is 3.13. The van der Waals surface area contributed by atoms with Gasteiger partial charge in [-0.15, -0.1) is 0 Å². The van der Waals surface area contributed by atoms with Gasteiger partial charge in [-0.3, -0.25) is 9.59 Å². The maximum atomic E-state index is 11.9. The number of benzene rings is 3. The highest BCUT2D eigenvalue weighted by Crippen LogP contribution is 2.35. The number of rotatable bonds is 10. The third-order valence-corrected chi connectivity index (χ3v) is 9.04. The number of ether oxygens (including phenoxy) is 2. The van der Waals surface area contributed by atoms with Gasteiger partial charge in [-0.25, -0.2) is 4.98 Å². The van der Waals surface area contributed by atoms with E-state index >= 15 is 0 Å². The number of piperazine rings is 2. The molecule has 0 radical (unpaired) electrons. The Kier molecular flexibility index (Phi) is 10.3. The number of aromatic nitrogens is 2. The van der Waals surface area contributed by atoms with Gasteiger partial charge < -0.3 is 39.7 Å². The molecule has 12 nitrogen and oxygen atoms in total. The number of methoxy groups -OCH3 is 1. The normalized spacial score (nSPS) is 14.8. The van der Waals surface area contributed by atoms with Crippen molar-refractivity contribution in [2.45, 2.75) is 27.4 Å². The molecule has 2 N–H and O–H groups in total. The number of aryl methyl sites for hydroxylation is 1. The minimum atomic E-state index is 0.108. The van der Waals surface area contributed by atoms with E-state index in [-0.39, 0.29) is 11.8 Å². The van der Waals surface area contributed by atoms with Gasteiger partial charge in [0.15, 0.2) is 0 Å². The van der Waals surface area contributed by atoms with E-state index in [4.69, 9.17) is 14.5 Å². The van der Waals surface area contributed by atoms with Crippen molar-refractivity contribution in [3.05, 3.63) is 84.1 Å². The van der Waals surface area contributed by atoms with Crippen LogP contribution in [0.1, 0.15) is 25.0 Å². The van der Waals surface area contributed by atoms with E-state index in [0.29, 0.717) is 56.1 Å². The molecular formula is C37H44N8O4. The molecule has 49 heavy (non-hydrogen) atoms. The van der Waals surface area contributed by atoms with Crippen LogP contribution in [0.3, 0.4) is 0 Å². The summed E-state index contributed by atoms with van der Waals surface area (Å²) in [4.78, 5) is 41.3. The van der Waals surface area contributed by atoms with Crippen LogP contribution < -0.4 is 29.9 Å². The molecule has 12 heteroatoms. The second-order valence-corrected chi connectivity index (χ2v) is 12.3. The van der Waals surface area contributed by atoms with E-state index in [1.807, 2.05) is 71.3 Å². The monoisotopic (exact) mass is 664 g/mol. The number of hydrogen-bond acceptors (Lipinski definition) is 10. The van der Waals surface area contributed by atoms with Crippen LogP contribution in [0.2, 0.25) is 0 Å². The van der Waals surface area contributed by atoms with Crippen molar-refractivity contribution in [1.29, 1.82) is 0 Å². The molecule has 2 fully saturated rings. The van der Waals surface area contributed by atoms with Crippen molar-refractivity contribution in [2.75, 3.05) is 79.9 Å². The summed E-state index contributed by atoms with van der Waals surface area (Å²) in [5, 5.41) is 6.82. The molecule has 0 bridgehead atoms. The summed E-state index contributed by atoms with van der Waals surface area (Å²) in [5.41, 5.74) is 5.53. The van der Waals surface area contributed by atoms with Gasteiger partial charge in [-0.1, -0.05) is 30.3 Å². The van der Waals surface area contributed by atoms with Gasteiger partial charge in [-0.05, 0) is 36.8 Å². The Morgan fingerprint density at radius 2 is 1.29 bits per heavy atom. The topological polar surface area (TPSA) is 115 Å². The molecule has 4 aromatic rings. The lowest BCUT2D eigenvalue weighted by atomic mass is 10.2. The summed E-state index contributed by atoms with van der Waals surface area (Å²) in [6, 6.07) is 22.2. The van der Waals surface area contributed by atoms with Crippen molar-refractivity contribution in [3.8, 4) is 11.5 Å². The third kappa shape index (κ3) is 8.14. The third-order valence-electron chi connectivity index (χ3n) is 9.04. The summed E-state index contributed by atoms with van der Waals surface area (Å²) in [7, 11) is 1.64. The van der Waals surface area contributed by atoms with Crippen LogP contribution in [0.25, 0.3) is 0 Å². The molecule has 2 amide bonds. The molecule has 0 saturated carbocycles. The quantitative estimate of drug-likeness (QED) is 0.235. The summed E-state index contributed by atoms with van der Waals surface area (Å²) in [5.74, 6) is 2.64. The average molecular weight is 665 g/mol.